The summed E-state index contributed by atoms with van der Waals surface area (Å²) in [4.78, 5) is 34.6. The van der Waals surface area contributed by atoms with Gasteiger partial charge in [0.15, 0.2) is 0 Å². The standard InChI is InChI=1S/C20H27N7O3/c1-15-19(27(29)30)18(23-22-15)20(28)26-8-4-5-16(14-26)13-24-9-11-25(12-10-24)17-6-2-3-7-21-17/h2-3,6-7,16H,4-5,8-14H2,1H3,(H,22,23). The average molecular weight is 413 g/mol. The molecule has 2 saturated heterocycles. The SMILES string of the molecule is Cc1[nH]nc(C(=O)N2CCCC(CN3CCN(c4ccccn4)CC3)C2)c1[N+](=O)[O-]. The van der Waals surface area contributed by atoms with Gasteiger partial charge < -0.3 is 9.80 Å². The number of hydrogen-bond acceptors (Lipinski definition) is 7. The number of aromatic nitrogens is 3. The molecule has 0 aromatic carbocycles. The van der Waals surface area contributed by atoms with Crippen molar-refractivity contribution in [1.29, 1.82) is 0 Å². The van der Waals surface area contributed by atoms with E-state index in [4.69, 9.17) is 0 Å². The fourth-order valence-corrected chi connectivity index (χ4v) is 4.41. The Bertz CT molecular complexity index is 893. The van der Waals surface area contributed by atoms with Gasteiger partial charge in [-0.1, -0.05) is 6.07 Å². The Morgan fingerprint density at radius 2 is 2.07 bits per heavy atom. The van der Waals surface area contributed by atoms with E-state index in [1.165, 1.54) is 0 Å². The molecule has 2 aromatic rings. The first-order valence-corrected chi connectivity index (χ1v) is 10.4. The van der Waals surface area contributed by atoms with E-state index in [9.17, 15) is 14.9 Å². The lowest BCUT2D eigenvalue weighted by Crippen LogP contribution is -2.50. The van der Waals surface area contributed by atoms with E-state index < -0.39 is 4.92 Å². The van der Waals surface area contributed by atoms with Gasteiger partial charge in [0.1, 0.15) is 11.5 Å². The number of carbonyl (C=O) groups is 1. The van der Waals surface area contributed by atoms with Crippen LogP contribution in [-0.2, 0) is 0 Å². The molecule has 1 unspecified atom stereocenters. The highest BCUT2D eigenvalue weighted by Gasteiger charge is 2.33. The predicted octanol–water partition coefficient (Wildman–Crippen LogP) is 1.70. The molecule has 4 rings (SSSR count). The van der Waals surface area contributed by atoms with Crippen molar-refractivity contribution in [2.45, 2.75) is 19.8 Å². The molecular weight excluding hydrogens is 386 g/mol. The number of anilines is 1. The number of aromatic amines is 1. The summed E-state index contributed by atoms with van der Waals surface area (Å²) < 4.78 is 0. The number of pyridine rings is 1. The lowest BCUT2D eigenvalue weighted by atomic mass is 9.96. The molecule has 0 saturated carbocycles. The number of amides is 1. The van der Waals surface area contributed by atoms with E-state index >= 15 is 0 Å². The van der Waals surface area contributed by atoms with Gasteiger partial charge in [-0.2, -0.15) is 5.10 Å². The number of carbonyl (C=O) groups excluding carboxylic acids is 1. The van der Waals surface area contributed by atoms with Gasteiger partial charge in [-0.15, -0.1) is 0 Å². The van der Waals surface area contributed by atoms with Gasteiger partial charge in [0.2, 0.25) is 5.69 Å². The highest BCUT2D eigenvalue weighted by atomic mass is 16.6. The zero-order valence-electron chi connectivity index (χ0n) is 17.2. The molecule has 160 valence electrons. The maximum atomic E-state index is 12.9. The topological polar surface area (TPSA) is 112 Å². The van der Waals surface area contributed by atoms with Crippen LogP contribution in [0, 0.1) is 23.0 Å². The minimum atomic E-state index is -0.533. The molecule has 0 aliphatic carbocycles. The number of H-pyrrole nitrogens is 1. The van der Waals surface area contributed by atoms with Crippen molar-refractivity contribution >= 4 is 17.4 Å². The van der Waals surface area contributed by atoms with Crippen LogP contribution in [-0.4, -0.2) is 81.6 Å². The van der Waals surface area contributed by atoms with Crippen LogP contribution in [0.2, 0.25) is 0 Å². The zero-order chi connectivity index (χ0) is 21.1. The molecule has 1 atom stereocenters. The molecule has 4 heterocycles. The lowest BCUT2D eigenvalue weighted by molar-refractivity contribution is -0.385. The molecule has 2 aromatic heterocycles. The van der Waals surface area contributed by atoms with Crippen molar-refractivity contribution in [3.63, 3.8) is 0 Å². The monoisotopic (exact) mass is 413 g/mol. The third-order valence-electron chi connectivity index (χ3n) is 5.97. The first-order chi connectivity index (χ1) is 14.5. The van der Waals surface area contributed by atoms with Gasteiger partial charge in [0.25, 0.3) is 5.91 Å². The summed E-state index contributed by atoms with van der Waals surface area (Å²) in [6.45, 7) is 7.52. The molecular formula is C20H27N7O3. The number of nitrogens with zero attached hydrogens (tertiary/aromatic N) is 6. The summed E-state index contributed by atoms with van der Waals surface area (Å²) >= 11 is 0. The number of nitrogens with one attached hydrogen (secondary N) is 1. The summed E-state index contributed by atoms with van der Waals surface area (Å²) in [6, 6.07) is 5.97. The van der Waals surface area contributed by atoms with E-state index in [0.29, 0.717) is 24.7 Å². The molecule has 10 heteroatoms. The second kappa shape index (κ2) is 8.78. The van der Waals surface area contributed by atoms with Crippen molar-refractivity contribution in [2.24, 2.45) is 5.92 Å². The first kappa shape index (κ1) is 20.3. The average Bonchev–Trinajstić information content (AvgIpc) is 3.16. The van der Waals surface area contributed by atoms with Crippen LogP contribution in [0.1, 0.15) is 29.0 Å². The third-order valence-corrected chi connectivity index (χ3v) is 5.97. The normalized spacial score (nSPS) is 20.4. The van der Waals surface area contributed by atoms with Gasteiger partial charge in [-0.3, -0.25) is 24.9 Å². The quantitative estimate of drug-likeness (QED) is 0.586. The predicted molar refractivity (Wildman–Crippen MR) is 111 cm³/mol. The van der Waals surface area contributed by atoms with E-state index in [1.54, 1.807) is 11.8 Å². The van der Waals surface area contributed by atoms with Crippen molar-refractivity contribution in [3.8, 4) is 0 Å². The molecule has 1 N–H and O–H groups in total. The lowest BCUT2D eigenvalue weighted by Gasteiger charge is -2.39. The highest BCUT2D eigenvalue weighted by molar-refractivity contribution is 5.96. The maximum absolute atomic E-state index is 12.9. The molecule has 30 heavy (non-hydrogen) atoms. The number of rotatable bonds is 5. The van der Waals surface area contributed by atoms with Crippen molar-refractivity contribution in [3.05, 3.63) is 45.9 Å². The van der Waals surface area contributed by atoms with Gasteiger partial charge in [0.05, 0.1) is 4.92 Å². The summed E-state index contributed by atoms with van der Waals surface area (Å²) in [5.74, 6) is 1.03. The van der Waals surface area contributed by atoms with Gasteiger partial charge in [-0.25, -0.2) is 4.98 Å². The van der Waals surface area contributed by atoms with E-state index in [2.05, 4.69) is 25.0 Å². The van der Waals surface area contributed by atoms with Crippen LogP contribution in [0.4, 0.5) is 11.5 Å². The van der Waals surface area contributed by atoms with Gasteiger partial charge >= 0.3 is 5.69 Å². The van der Waals surface area contributed by atoms with Crippen LogP contribution in [0.15, 0.2) is 24.4 Å². The minimum absolute atomic E-state index is 0.0814. The summed E-state index contributed by atoms with van der Waals surface area (Å²) in [5.41, 5.74) is 0.0116. The Morgan fingerprint density at radius 3 is 2.77 bits per heavy atom. The number of nitro groups is 1. The Kier molecular flexibility index (Phi) is 5.93. The number of aryl methyl sites for hydroxylation is 1. The molecule has 2 aliphatic rings. The van der Waals surface area contributed by atoms with Crippen LogP contribution >= 0.6 is 0 Å². The molecule has 0 spiro atoms. The minimum Gasteiger partial charge on any atom is -0.354 e. The van der Waals surface area contributed by atoms with Crippen LogP contribution in [0.25, 0.3) is 0 Å². The Balaban J connectivity index is 1.33. The number of likely N-dealkylation sites (tertiary alicyclic amines) is 1. The molecule has 1 amide bonds. The maximum Gasteiger partial charge on any atom is 0.322 e. The summed E-state index contributed by atoms with van der Waals surface area (Å²) in [7, 11) is 0. The fourth-order valence-electron chi connectivity index (χ4n) is 4.41. The summed E-state index contributed by atoms with van der Waals surface area (Å²) in [6.07, 6.45) is 3.79. The van der Waals surface area contributed by atoms with E-state index in [1.807, 2.05) is 24.4 Å². The number of hydrogen-bond donors (Lipinski definition) is 1. The van der Waals surface area contributed by atoms with Crippen LogP contribution in [0.5, 0.6) is 0 Å². The second-order valence-corrected chi connectivity index (χ2v) is 8.04. The van der Waals surface area contributed by atoms with E-state index in [-0.39, 0.29) is 17.3 Å². The Labute approximate surface area is 175 Å². The first-order valence-electron chi connectivity index (χ1n) is 10.4. The molecule has 2 fully saturated rings. The Hall–Kier alpha value is -3.01. The van der Waals surface area contributed by atoms with Crippen molar-refractivity contribution in [2.75, 3.05) is 50.7 Å². The van der Waals surface area contributed by atoms with Gasteiger partial charge in [-0.05, 0) is 37.8 Å². The second-order valence-electron chi connectivity index (χ2n) is 8.04. The highest BCUT2D eigenvalue weighted by Crippen LogP contribution is 2.25. The molecule has 0 bridgehead atoms. The smallest absolute Gasteiger partial charge is 0.322 e. The molecule has 0 radical (unpaired) electrons. The van der Waals surface area contributed by atoms with Gasteiger partial charge in [0, 0.05) is 52.0 Å². The third kappa shape index (κ3) is 4.28. The van der Waals surface area contributed by atoms with Crippen molar-refractivity contribution < 1.29 is 9.72 Å². The zero-order valence-corrected chi connectivity index (χ0v) is 17.2. The molecule has 10 nitrogen and oxygen atoms in total. The number of piperazine rings is 1. The molecule has 2 aliphatic heterocycles. The van der Waals surface area contributed by atoms with Crippen molar-refractivity contribution in [1.82, 2.24) is 25.0 Å². The fraction of sp³-hybridized carbons (Fsp3) is 0.550. The van der Waals surface area contributed by atoms with Crippen LogP contribution in [0.3, 0.4) is 0 Å². The van der Waals surface area contributed by atoms with Crippen LogP contribution < -0.4 is 4.90 Å². The largest absolute Gasteiger partial charge is 0.354 e. The summed E-state index contributed by atoms with van der Waals surface area (Å²) in [5, 5.41) is 17.8. The van der Waals surface area contributed by atoms with E-state index in [0.717, 1.165) is 51.4 Å². The number of piperidine rings is 1. The Morgan fingerprint density at radius 1 is 1.27 bits per heavy atom.